The number of imide groups is 1. The smallest absolute Gasteiger partial charge is 0.293 e. The predicted molar refractivity (Wildman–Crippen MR) is 145 cm³/mol. The van der Waals surface area contributed by atoms with Crippen LogP contribution < -0.4 is 9.47 Å². The lowest BCUT2D eigenvalue weighted by molar-refractivity contribution is -0.123. The quantitative estimate of drug-likeness (QED) is 0.194. The Morgan fingerprint density at radius 3 is 2.50 bits per heavy atom. The molecule has 1 heterocycles. The Hall–Kier alpha value is -2.20. The molecule has 0 bridgehead atoms. The number of carbonyl (C=O) groups excluding carboxylic acids is 2. The SMILES string of the molecule is O=C1S/C(=C\c2ccc(OCc3ccc(Cl)cc3Cl)c(I)c2)C(=O)N1CCOc1ccccc1. The fourth-order valence-electron chi connectivity index (χ4n) is 3.13. The molecule has 34 heavy (non-hydrogen) atoms. The van der Waals surface area contributed by atoms with E-state index in [4.69, 9.17) is 32.7 Å². The van der Waals surface area contributed by atoms with Crippen molar-refractivity contribution < 1.29 is 19.1 Å². The summed E-state index contributed by atoms with van der Waals surface area (Å²) in [5.41, 5.74) is 1.63. The van der Waals surface area contributed by atoms with Gasteiger partial charge in [-0.3, -0.25) is 14.5 Å². The van der Waals surface area contributed by atoms with Gasteiger partial charge in [0.15, 0.2) is 0 Å². The van der Waals surface area contributed by atoms with Crippen LogP contribution in [0.25, 0.3) is 6.08 Å². The molecule has 0 spiro atoms. The summed E-state index contributed by atoms with van der Waals surface area (Å²) in [6.45, 7) is 0.723. The normalized spacial score (nSPS) is 14.7. The lowest BCUT2D eigenvalue weighted by Crippen LogP contribution is -2.32. The van der Waals surface area contributed by atoms with Crippen LogP contribution in [-0.2, 0) is 11.4 Å². The van der Waals surface area contributed by atoms with Crippen LogP contribution in [0.1, 0.15) is 11.1 Å². The van der Waals surface area contributed by atoms with Gasteiger partial charge < -0.3 is 9.47 Å². The second-order valence-electron chi connectivity index (χ2n) is 7.21. The molecule has 0 saturated carbocycles. The molecular weight excluding hydrogens is 608 g/mol. The number of benzene rings is 3. The van der Waals surface area contributed by atoms with Crippen LogP contribution in [0.5, 0.6) is 11.5 Å². The molecule has 3 aromatic rings. The summed E-state index contributed by atoms with van der Waals surface area (Å²) in [4.78, 5) is 26.7. The maximum absolute atomic E-state index is 12.7. The number of ether oxygens (including phenoxy) is 2. The summed E-state index contributed by atoms with van der Waals surface area (Å²) in [5, 5.41) is 0.812. The maximum atomic E-state index is 12.7. The summed E-state index contributed by atoms with van der Waals surface area (Å²) >= 11 is 15.2. The second-order valence-corrected chi connectivity index (χ2v) is 10.2. The molecule has 1 aliphatic rings. The maximum Gasteiger partial charge on any atom is 0.293 e. The van der Waals surface area contributed by atoms with E-state index in [1.165, 1.54) is 4.90 Å². The standard InChI is InChI=1S/C25H18Cl2INO4S/c26-18-8-7-17(20(27)14-18)15-33-22-9-6-16(12-21(22)28)13-23-24(30)29(25(31)34-23)10-11-32-19-4-2-1-3-5-19/h1-9,12-14H,10-11,15H2/b23-13-. The Kier molecular flexibility index (Phi) is 8.41. The third kappa shape index (κ3) is 6.27. The van der Waals surface area contributed by atoms with Crippen LogP contribution in [0.2, 0.25) is 10.0 Å². The third-order valence-corrected chi connectivity index (χ3v) is 7.19. The van der Waals surface area contributed by atoms with Gasteiger partial charge >= 0.3 is 0 Å². The van der Waals surface area contributed by atoms with E-state index in [1.807, 2.05) is 54.6 Å². The van der Waals surface area contributed by atoms with Crippen molar-refractivity contribution in [2.45, 2.75) is 6.61 Å². The lowest BCUT2D eigenvalue weighted by atomic mass is 10.2. The van der Waals surface area contributed by atoms with Crippen molar-refractivity contribution >= 4 is 74.8 Å². The molecule has 0 aromatic heterocycles. The van der Waals surface area contributed by atoms with E-state index in [2.05, 4.69) is 22.6 Å². The van der Waals surface area contributed by atoms with E-state index in [1.54, 1.807) is 18.2 Å². The number of nitrogens with zero attached hydrogens (tertiary/aromatic N) is 1. The molecule has 5 nitrogen and oxygen atoms in total. The summed E-state index contributed by atoms with van der Waals surface area (Å²) in [6, 6.07) is 20.1. The predicted octanol–water partition coefficient (Wildman–Crippen LogP) is 7.29. The van der Waals surface area contributed by atoms with Gasteiger partial charge in [0.1, 0.15) is 24.7 Å². The van der Waals surface area contributed by atoms with E-state index >= 15 is 0 Å². The molecule has 174 valence electrons. The van der Waals surface area contributed by atoms with Gasteiger partial charge in [-0.2, -0.15) is 0 Å². The molecule has 0 aliphatic carbocycles. The highest BCUT2D eigenvalue weighted by atomic mass is 127. The molecule has 2 amide bonds. The van der Waals surface area contributed by atoms with Crippen molar-refractivity contribution in [3.8, 4) is 11.5 Å². The molecule has 9 heteroatoms. The highest BCUT2D eigenvalue weighted by Gasteiger charge is 2.34. The molecule has 0 unspecified atom stereocenters. The van der Waals surface area contributed by atoms with Gasteiger partial charge in [0.2, 0.25) is 0 Å². The molecule has 0 radical (unpaired) electrons. The van der Waals surface area contributed by atoms with Crippen molar-refractivity contribution in [2.75, 3.05) is 13.2 Å². The van der Waals surface area contributed by atoms with E-state index in [0.717, 1.165) is 26.5 Å². The molecule has 1 saturated heterocycles. The Bertz CT molecular complexity index is 1250. The summed E-state index contributed by atoms with van der Waals surface area (Å²) in [7, 11) is 0. The Morgan fingerprint density at radius 1 is 0.971 bits per heavy atom. The average molecular weight is 626 g/mol. The van der Waals surface area contributed by atoms with Gasteiger partial charge in [-0.05, 0) is 82.4 Å². The van der Waals surface area contributed by atoms with Gasteiger partial charge in [-0.1, -0.05) is 53.5 Å². The number of hydrogen-bond donors (Lipinski definition) is 0. The third-order valence-electron chi connectivity index (χ3n) is 4.85. The minimum atomic E-state index is -0.320. The van der Waals surface area contributed by atoms with Gasteiger partial charge in [-0.25, -0.2) is 0 Å². The van der Waals surface area contributed by atoms with Crippen molar-refractivity contribution in [3.63, 3.8) is 0 Å². The van der Waals surface area contributed by atoms with Gasteiger partial charge in [0.25, 0.3) is 11.1 Å². The number of carbonyl (C=O) groups is 2. The van der Waals surface area contributed by atoms with Gasteiger partial charge in [0.05, 0.1) is 15.0 Å². The lowest BCUT2D eigenvalue weighted by Gasteiger charge is -2.13. The number of para-hydroxylation sites is 1. The average Bonchev–Trinajstić information content (AvgIpc) is 3.07. The molecular formula is C25H18Cl2INO4S. The first-order valence-electron chi connectivity index (χ1n) is 10.2. The minimum absolute atomic E-state index is 0.189. The van der Waals surface area contributed by atoms with E-state index in [9.17, 15) is 9.59 Å². The molecule has 1 aliphatic heterocycles. The molecule has 3 aromatic carbocycles. The first-order valence-corrected chi connectivity index (χ1v) is 12.9. The molecule has 4 rings (SSSR count). The number of thioether (sulfide) groups is 1. The highest BCUT2D eigenvalue weighted by Crippen LogP contribution is 2.33. The van der Waals surface area contributed by atoms with Crippen molar-refractivity contribution in [1.29, 1.82) is 0 Å². The second kappa shape index (κ2) is 11.5. The monoisotopic (exact) mass is 625 g/mol. The van der Waals surface area contributed by atoms with Gasteiger partial charge in [-0.15, -0.1) is 0 Å². The Labute approximate surface area is 225 Å². The van der Waals surface area contributed by atoms with Crippen molar-refractivity contribution in [3.05, 3.63) is 96.4 Å². The largest absolute Gasteiger partial charge is 0.492 e. The van der Waals surface area contributed by atoms with Crippen molar-refractivity contribution in [1.82, 2.24) is 4.90 Å². The topological polar surface area (TPSA) is 55.8 Å². The molecule has 0 N–H and O–H groups in total. The summed E-state index contributed by atoms with van der Waals surface area (Å²) < 4.78 is 12.4. The fraction of sp³-hybridized carbons (Fsp3) is 0.120. The van der Waals surface area contributed by atoms with Crippen LogP contribution in [0, 0.1) is 3.57 Å². The first kappa shape index (κ1) is 24.9. The minimum Gasteiger partial charge on any atom is -0.492 e. The number of amides is 2. The van der Waals surface area contributed by atoms with E-state index in [-0.39, 0.29) is 24.3 Å². The first-order chi connectivity index (χ1) is 16.4. The number of rotatable bonds is 8. The van der Waals surface area contributed by atoms with E-state index in [0.29, 0.717) is 33.1 Å². The van der Waals surface area contributed by atoms with Crippen LogP contribution in [0.15, 0.2) is 71.6 Å². The zero-order chi connectivity index (χ0) is 24.1. The van der Waals surface area contributed by atoms with Crippen molar-refractivity contribution in [2.24, 2.45) is 0 Å². The van der Waals surface area contributed by atoms with Crippen LogP contribution in [0.3, 0.4) is 0 Å². The zero-order valence-electron chi connectivity index (χ0n) is 17.7. The van der Waals surface area contributed by atoms with Crippen LogP contribution in [-0.4, -0.2) is 29.2 Å². The highest BCUT2D eigenvalue weighted by molar-refractivity contribution is 14.1. The molecule has 1 fully saturated rings. The zero-order valence-corrected chi connectivity index (χ0v) is 22.2. The number of halogens is 3. The number of hydrogen-bond acceptors (Lipinski definition) is 5. The summed E-state index contributed by atoms with van der Waals surface area (Å²) in [6.07, 6.45) is 1.71. The van der Waals surface area contributed by atoms with E-state index < -0.39 is 0 Å². The van der Waals surface area contributed by atoms with Crippen LogP contribution >= 0.6 is 57.6 Å². The summed E-state index contributed by atoms with van der Waals surface area (Å²) in [5.74, 6) is 1.06. The Morgan fingerprint density at radius 2 is 1.76 bits per heavy atom. The van der Waals surface area contributed by atoms with Gasteiger partial charge in [0, 0.05) is 15.6 Å². The van der Waals surface area contributed by atoms with Crippen LogP contribution in [0.4, 0.5) is 4.79 Å². The molecule has 0 atom stereocenters. The Balaban J connectivity index is 1.37. The fourth-order valence-corrected chi connectivity index (χ4v) is 5.16.